The van der Waals surface area contributed by atoms with Crippen molar-refractivity contribution in [2.24, 2.45) is 47.3 Å². The number of nitrogens with one attached hydrogen (secondary N) is 1. The van der Waals surface area contributed by atoms with Gasteiger partial charge in [-0.25, -0.2) is 0 Å². The van der Waals surface area contributed by atoms with E-state index in [0.717, 1.165) is 66.0 Å². The third-order valence-corrected chi connectivity index (χ3v) is 11.9. The van der Waals surface area contributed by atoms with Gasteiger partial charge in [0.25, 0.3) is 0 Å². The van der Waals surface area contributed by atoms with Crippen LogP contribution in [0.1, 0.15) is 91.4 Å². The SMILES string of the molecule is CC(=O)N1CCC[C@H]2[C@@H](C[C@@H]3CC[C@@H]4[C@@H]5C[C@@H]6[C@@H](C[C@@H](C)C[C@@H]6N(C)C5)C[C@@H]4N3)C[C@H](C)C[C@H]21. The molecule has 2 bridgehead atoms. The summed E-state index contributed by atoms with van der Waals surface area (Å²) in [4.78, 5) is 17.4. The average Bonchev–Trinajstić information content (AvgIpc) is 2.92. The summed E-state index contributed by atoms with van der Waals surface area (Å²) in [5, 5.41) is 4.33. The molecule has 3 heterocycles. The predicted octanol–water partition coefficient (Wildman–Crippen LogP) is 5.17. The molecule has 192 valence electrons. The molecule has 0 spiro atoms. The molecule has 4 heteroatoms. The van der Waals surface area contributed by atoms with Gasteiger partial charge in [0, 0.05) is 44.2 Å². The van der Waals surface area contributed by atoms with Gasteiger partial charge in [0.1, 0.15) is 0 Å². The summed E-state index contributed by atoms with van der Waals surface area (Å²) in [6.45, 7) is 9.11. The van der Waals surface area contributed by atoms with Crippen molar-refractivity contribution in [2.45, 2.75) is 116 Å². The first-order chi connectivity index (χ1) is 16.4. The maximum Gasteiger partial charge on any atom is 0.219 e. The quantitative estimate of drug-likeness (QED) is 0.606. The summed E-state index contributed by atoms with van der Waals surface area (Å²) < 4.78 is 0. The molecule has 3 saturated carbocycles. The Kier molecular flexibility index (Phi) is 6.54. The molecule has 3 aliphatic carbocycles. The number of amides is 1. The van der Waals surface area contributed by atoms with Crippen molar-refractivity contribution >= 4 is 5.91 Å². The van der Waals surface area contributed by atoms with E-state index in [1.165, 1.54) is 77.2 Å². The van der Waals surface area contributed by atoms with E-state index in [9.17, 15) is 4.79 Å². The fourth-order valence-electron chi connectivity index (χ4n) is 10.6. The van der Waals surface area contributed by atoms with Gasteiger partial charge in [-0.2, -0.15) is 0 Å². The number of carbonyl (C=O) groups excluding carboxylic acids is 1. The Balaban J connectivity index is 1.16. The Bertz CT molecular complexity index is 755. The summed E-state index contributed by atoms with van der Waals surface area (Å²) in [5.74, 6) is 7.26. The number of piperidine rings is 3. The number of hydrogen-bond donors (Lipinski definition) is 1. The zero-order valence-corrected chi connectivity index (χ0v) is 22.4. The van der Waals surface area contributed by atoms with Crippen molar-refractivity contribution in [1.82, 2.24) is 15.1 Å². The summed E-state index contributed by atoms with van der Waals surface area (Å²) in [5.41, 5.74) is 0. The first-order valence-corrected chi connectivity index (χ1v) is 15.1. The smallest absolute Gasteiger partial charge is 0.219 e. The Morgan fingerprint density at radius 3 is 2.47 bits per heavy atom. The van der Waals surface area contributed by atoms with Crippen molar-refractivity contribution < 1.29 is 4.79 Å². The molecule has 6 fully saturated rings. The zero-order chi connectivity index (χ0) is 23.6. The second-order valence-corrected chi connectivity index (χ2v) is 14.1. The number of likely N-dealkylation sites (tertiary alicyclic amines) is 2. The van der Waals surface area contributed by atoms with Gasteiger partial charge in [-0.05, 0) is 125 Å². The van der Waals surface area contributed by atoms with Gasteiger partial charge in [-0.15, -0.1) is 0 Å². The monoisotopic (exact) mass is 469 g/mol. The van der Waals surface area contributed by atoms with Crippen LogP contribution < -0.4 is 5.32 Å². The Hall–Kier alpha value is -0.610. The number of fused-ring (bicyclic) bond motifs is 4. The third-order valence-electron chi connectivity index (χ3n) is 11.9. The number of rotatable bonds is 2. The molecule has 6 rings (SSSR count). The lowest BCUT2D eigenvalue weighted by Gasteiger charge is -2.51. The number of carbonyl (C=O) groups is 1. The van der Waals surface area contributed by atoms with E-state index in [1.807, 2.05) is 0 Å². The summed E-state index contributed by atoms with van der Waals surface area (Å²) in [7, 11) is 2.44. The molecule has 34 heavy (non-hydrogen) atoms. The first-order valence-electron chi connectivity index (χ1n) is 15.1. The molecular formula is C30H51N3O. The van der Waals surface area contributed by atoms with E-state index in [1.54, 1.807) is 6.92 Å². The van der Waals surface area contributed by atoms with Crippen LogP contribution in [-0.2, 0) is 4.79 Å². The fraction of sp³-hybridized carbons (Fsp3) is 0.967. The highest BCUT2D eigenvalue weighted by molar-refractivity contribution is 5.73. The van der Waals surface area contributed by atoms with Crippen LogP contribution >= 0.6 is 0 Å². The lowest BCUT2D eigenvalue weighted by Crippen LogP contribution is -2.55. The number of hydrogen-bond acceptors (Lipinski definition) is 3. The minimum atomic E-state index is 0.315. The largest absolute Gasteiger partial charge is 0.340 e. The minimum Gasteiger partial charge on any atom is -0.340 e. The molecule has 0 radical (unpaired) electrons. The third kappa shape index (κ3) is 4.27. The molecule has 0 unspecified atom stereocenters. The molecule has 6 aliphatic rings. The van der Waals surface area contributed by atoms with E-state index in [0.29, 0.717) is 18.0 Å². The predicted molar refractivity (Wildman–Crippen MR) is 138 cm³/mol. The Morgan fingerprint density at radius 1 is 0.853 bits per heavy atom. The molecule has 12 atom stereocenters. The lowest BCUT2D eigenvalue weighted by molar-refractivity contribution is -0.137. The van der Waals surface area contributed by atoms with Crippen LogP contribution in [0.4, 0.5) is 0 Å². The van der Waals surface area contributed by atoms with Crippen LogP contribution in [0.3, 0.4) is 0 Å². The maximum absolute atomic E-state index is 12.4. The van der Waals surface area contributed by atoms with Crippen molar-refractivity contribution in [3.05, 3.63) is 0 Å². The van der Waals surface area contributed by atoms with Crippen molar-refractivity contribution in [3.8, 4) is 0 Å². The molecular weight excluding hydrogens is 418 g/mol. The second-order valence-electron chi connectivity index (χ2n) is 14.1. The first kappa shape index (κ1) is 23.8. The van der Waals surface area contributed by atoms with E-state index in [-0.39, 0.29) is 0 Å². The fourth-order valence-corrected chi connectivity index (χ4v) is 10.6. The van der Waals surface area contributed by atoms with Gasteiger partial charge in [0.05, 0.1) is 0 Å². The van der Waals surface area contributed by atoms with Crippen molar-refractivity contribution in [2.75, 3.05) is 20.1 Å². The zero-order valence-electron chi connectivity index (χ0n) is 22.4. The lowest BCUT2D eigenvalue weighted by atomic mass is 9.65. The summed E-state index contributed by atoms with van der Waals surface area (Å²) in [6.07, 6.45) is 15.3. The highest BCUT2D eigenvalue weighted by Crippen LogP contribution is 2.52. The Labute approximate surface area is 209 Å². The molecule has 3 aliphatic heterocycles. The molecule has 0 aromatic heterocycles. The van der Waals surface area contributed by atoms with Gasteiger partial charge in [-0.1, -0.05) is 13.8 Å². The van der Waals surface area contributed by atoms with E-state index < -0.39 is 0 Å². The minimum absolute atomic E-state index is 0.315. The molecule has 0 aromatic rings. The van der Waals surface area contributed by atoms with Crippen LogP contribution in [0.25, 0.3) is 0 Å². The van der Waals surface area contributed by atoms with Crippen LogP contribution in [-0.4, -0.2) is 60.0 Å². The molecule has 0 aromatic carbocycles. The van der Waals surface area contributed by atoms with E-state index >= 15 is 0 Å². The molecule has 3 saturated heterocycles. The maximum atomic E-state index is 12.4. The highest BCUT2D eigenvalue weighted by Gasteiger charge is 2.51. The van der Waals surface area contributed by atoms with E-state index in [4.69, 9.17) is 0 Å². The molecule has 1 N–H and O–H groups in total. The van der Waals surface area contributed by atoms with Gasteiger partial charge in [0.2, 0.25) is 5.91 Å². The highest BCUT2D eigenvalue weighted by atomic mass is 16.2. The van der Waals surface area contributed by atoms with Crippen LogP contribution in [0.2, 0.25) is 0 Å². The van der Waals surface area contributed by atoms with Gasteiger partial charge < -0.3 is 15.1 Å². The Morgan fingerprint density at radius 2 is 1.65 bits per heavy atom. The van der Waals surface area contributed by atoms with Gasteiger partial charge in [0.15, 0.2) is 0 Å². The molecule has 4 nitrogen and oxygen atoms in total. The van der Waals surface area contributed by atoms with Gasteiger partial charge in [-0.3, -0.25) is 4.79 Å². The average molecular weight is 470 g/mol. The summed E-state index contributed by atoms with van der Waals surface area (Å²) in [6, 6.07) is 2.84. The summed E-state index contributed by atoms with van der Waals surface area (Å²) >= 11 is 0. The molecule has 1 amide bonds. The van der Waals surface area contributed by atoms with Crippen molar-refractivity contribution in [3.63, 3.8) is 0 Å². The number of nitrogens with zero attached hydrogens (tertiary/aromatic N) is 2. The van der Waals surface area contributed by atoms with Crippen molar-refractivity contribution in [1.29, 1.82) is 0 Å². The van der Waals surface area contributed by atoms with Crippen LogP contribution in [0.5, 0.6) is 0 Å². The topological polar surface area (TPSA) is 35.6 Å². The second kappa shape index (κ2) is 9.36. The van der Waals surface area contributed by atoms with Gasteiger partial charge >= 0.3 is 0 Å². The normalized spacial score (nSPS) is 51.2. The standard InChI is InChI=1S/C30H51N3O/c1-18-11-22-16-28-25(23-15-27(22)29(12-18)32(4)17-23)8-7-24(31-28)14-21-10-19(2)13-30-26(21)6-5-9-33(30)20(3)34/h18-19,21-31H,5-17H2,1-4H3/t18-,19+,21-,22+,23-,24+,25-,26+,27-,28+,29+,30-/m1/s1. The van der Waals surface area contributed by atoms with Crippen LogP contribution in [0, 0.1) is 47.3 Å². The van der Waals surface area contributed by atoms with Crippen LogP contribution in [0.15, 0.2) is 0 Å². The van der Waals surface area contributed by atoms with E-state index in [2.05, 4.69) is 36.0 Å².